The molecule has 2 unspecified atom stereocenters. The summed E-state index contributed by atoms with van der Waals surface area (Å²) in [6.07, 6.45) is -6.35. The Morgan fingerprint density at radius 3 is 1.83 bits per heavy atom. The fraction of sp³-hybridized carbons (Fsp3) is 0.889. The number of carbonyl (C=O) groups is 2. The highest BCUT2D eigenvalue weighted by molar-refractivity contribution is 14.1. The Morgan fingerprint density at radius 2 is 1.37 bits per heavy atom. The first-order chi connectivity index (χ1) is 13.7. The van der Waals surface area contributed by atoms with Crippen molar-refractivity contribution in [2.45, 2.75) is 75.2 Å². The zero-order valence-electron chi connectivity index (χ0n) is 15.7. The van der Waals surface area contributed by atoms with Gasteiger partial charge in [0.2, 0.25) is 0 Å². The quantitative estimate of drug-likeness (QED) is 0.152. The van der Waals surface area contributed by atoms with E-state index in [2.05, 4.69) is 0 Å². The molecule has 0 bridgehead atoms. The standard InChI is InChI=1S/C18H20F7IO4/c19-16(20,17(21,22)18(23,24)25)8-10-6-14(7-11(10)9-26)12(27)29-15(30-13(14)28)4-2-1-3-5-15/h10-11H,1-9H2. The van der Waals surface area contributed by atoms with Gasteiger partial charge in [-0.2, -0.15) is 30.7 Å². The Labute approximate surface area is 181 Å². The molecule has 0 aromatic carbocycles. The molecule has 2 aliphatic carbocycles. The van der Waals surface area contributed by atoms with Gasteiger partial charge in [-0.25, -0.2) is 0 Å². The Balaban J connectivity index is 1.82. The van der Waals surface area contributed by atoms with E-state index in [1.165, 1.54) is 0 Å². The molecule has 12 heteroatoms. The topological polar surface area (TPSA) is 52.6 Å². The van der Waals surface area contributed by atoms with Crippen LogP contribution in [0.4, 0.5) is 30.7 Å². The summed E-state index contributed by atoms with van der Waals surface area (Å²) >= 11 is 1.76. The van der Waals surface area contributed by atoms with Crippen molar-refractivity contribution in [3.05, 3.63) is 0 Å². The van der Waals surface area contributed by atoms with Crippen molar-refractivity contribution >= 4 is 34.5 Å². The van der Waals surface area contributed by atoms with Gasteiger partial charge >= 0.3 is 30.0 Å². The second-order valence-corrected chi connectivity index (χ2v) is 9.28. The molecule has 0 radical (unpaired) electrons. The number of hydrogen-bond acceptors (Lipinski definition) is 4. The molecule has 0 N–H and O–H groups in total. The molecule has 4 nitrogen and oxygen atoms in total. The van der Waals surface area contributed by atoms with Crippen LogP contribution >= 0.6 is 22.6 Å². The van der Waals surface area contributed by atoms with E-state index in [0.717, 1.165) is 6.42 Å². The summed E-state index contributed by atoms with van der Waals surface area (Å²) in [4.78, 5) is 25.6. The van der Waals surface area contributed by atoms with Crippen LogP contribution in [0.5, 0.6) is 0 Å². The molecule has 1 saturated heterocycles. The third-order valence-corrected chi connectivity index (χ3v) is 7.51. The van der Waals surface area contributed by atoms with Crippen LogP contribution in [0, 0.1) is 17.3 Å². The molecule has 30 heavy (non-hydrogen) atoms. The summed E-state index contributed by atoms with van der Waals surface area (Å²) in [5, 5.41) is 0. The Morgan fingerprint density at radius 1 is 0.867 bits per heavy atom. The third kappa shape index (κ3) is 3.78. The summed E-state index contributed by atoms with van der Waals surface area (Å²) < 4.78 is 103. The highest BCUT2D eigenvalue weighted by Gasteiger charge is 2.74. The normalized spacial score (nSPS) is 29.2. The fourth-order valence-corrected chi connectivity index (χ4v) is 5.69. The van der Waals surface area contributed by atoms with Crippen LogP contribution in [-0.4, -0.2) is 40.2 Å². The number of carbonyl (C=O) groups excluding carboxylic acids is 2. The van der Waals surface area contributed by atoms with Gasteiger partial charge in [0.25, 0.3) is 5.79 Å². The maximum atomic E-state index is 14.0. The average molecular weight is 560 g/mol. The van der Waals surface area contributed by atoms with Crippen molar-refractivity contribution in [2.75, 3.05) is 4.43 Å². The highest BCUT2D eigenvalue weighted by Crippen LogP contribution is 2.57. The number of halogens is 8. The summed E-state index contributed by atoms with van der Waals surface area (Å²) in [5.41, 5.74) is -1.95. The molecule has 0 aromatic heterocycles. The average Bonchev–Trinajstić information content (AvgIpc) is 2.99. The maximum Gasteiger partial charge on any atom is 0.459 e. The second kappa shape index (κ2) is 7.65. The van der Waals surface area contributed by atoms with Crippen LogP contribution in [0.2, 0.25) is 0 Å². The van der Waals surface area contributed by atoms with Crippen molar-refractivity contribution < 1.29 is 49.8 Å². The van der Waals surface area contributed by atoms with Gasteiger partial charge in [0.15, 0.2) is 5.41 Å². The van der Waals surface area contributed by atoms with Gasteiger partial charge in [-0.1, -0.05) is 29.0 Å². The van der Waals surface area contributed by atoms with Crippen molar-refractivity contribution in [1.82, 2.24) is 0 Å². The Kier molecular flexibility index (Phi) is 6.07. The monoisotopic (exact) mass is 560 g/mol. The van der Waals surface area contributed by atoms with Crippen LogP contribution in [0.25, 0.3) is 0 Å². The number of rotatable bonds is 4. The van der Waals surface area contributed by atoms with E-state index in [1.54, 1.807) is 22.6 Å². The fourth-order valence-electron chi connectivity index (χ4n) is 4.66. The minimum Gasteiger partial charge on any atom is -0.422 e. The lowest BCUT2D eigenvalue weighted by molar-refractivity contribution is -0.357. The molecular weight excluding hydrogens is 540 g/mol. The van der Waals surface area contributed by atoms with Crippen molar-refractivity contribution in [3.8, 4) is 0 Å². The molecule has 3 fully saturated rings. The molecular formula is C18H20F7IO4. The van der Waals surface area contributed by atoms with Crippen molar-refractivity contribution in [3.63, 3.8) is 0 Å². The first kappa shape index (κ1) is 23.8. The number of hydrogen-bond donors (Lipinski definition) is 0. The SMILES string of the molecule is O=C1OC2(CCCCC2)OC(=O)C12CC(CI)C(CC(F)(F)C(F)(F)C(F)(F)F)C2. The molecule has 1 aliphatic heterocycles. The minimum atomic E-state index is -6.43. The maximum absolute atomic E-state index is 14.0. The van der Waals surface area contributed by atoms with Crippen LogP contribution in [-0.2, 0) is 19.1 Å². The van der Waals surface area contributed by atoms with Crippen LogP contribution < -0.4 is 0 Å². The lowest BCUT2D eigenvalue weighted by Gasteiger charge is -2.44. The summed E-state index contributed by atoms with van der Waals surface area (Å²) in [6.45, 7) is 0. The van der Waals surface area contributed by atoms with Crippen LogP contribution in [0.1, 0.15) is 51.4 Å². The van der Waals surface area contributed by atoms with Gasteiger partial charge < -0.3 is 9.47 Å². The summed E-state index contributed by atoms with van der Waals surface area (Å²) in [5.74, 6) is -17.2. The second-order valence-electron chi connectivity index (χ2n) is 8.40. The van der Waals surface area contributed by atoms with Gasteiger partial charge in [-0.05, 0) is 37.5 Å². The van der Waals surface area contributed by atoms with E-state index in [0.29, 0.717) is 25.7 Å². The molecule has 3 rings (SSSR count). The summed E-state index contributed by atoms with van der Waals surface area (Å²) in [7, 11) is 0. The first-order valence-corrected chi connectivity index (χ1v) is 11.1. The van der Waals surface area contributed by atoms with Crippen LogP contribution in [0.15, 0.2) is 0 Å². The number of esters is 2. The van der Waals surface area contributed by atoms with E-state index < -0.39 is 65.8 Å². The molecule has 1 heterocycles. The van der Waals surface area contributed by atoms with Gasteiger partial charge in [0.1, 0.15) is 0 Å². The van der Waals surface area contributed by atoms with Gasteiger partial charge in [-0.3, -0.25) is 9.59 Å². The smallest absolute Gasteiger partial charge is 0.422 e. The Hall–Kier alpha value is -0.820. The highest BCUT2D eigenvalue weighted by atomic mass is 127. The van der Waals surface area contributed by atoms with E-state index in [1.807, 2.05) is 0 Å². The zero-order valence-corrected chi connectivity index (χ0v) is 17.8. The van der Waals surface area contributed by atoms with Crippen molar-refractivity contribution in [1.29, 1.82) is 0 Å². The van der Waals surface area contributed by atoms with Gasteiger partial charge in [0, 0.05) is 23.7 Å². The summed E-state index contributed by atoms with van der Waals surface area (Å²) in [6, 6.07) is 0. The molecule has 2 saturated carbocycles. The van der Waals surface area contributed by atoms with E-state index in [-0.39, 0.29) is 10.8 Å². The predicted molar refractivity (Wildman–Crippen MR) is 96.1 cm³/mol. The van der Waals surface area contributed by atoms with Crippen LogP contribution in [0.3, 0.4) is 0 Å². The largest absolute Gasteiger partial charge is 0.459 e. The minimum absolute atomic E-state index is 0.0869. The third-order valence-electron chi connectivity index (χ3n) is 6.37. The molecule has 172 valence electrons. The van der Waals surface area contributed by atoms with Crippen molar-refractivity contribution in [2.24, 2.45) is 17.3 Å². The lowest BCUT2D eigenvalue weighted by Crippen LogP contribution is -2.56. The Bertz CT molecular complexity index is 683. The first-order valence-electron chi connectivity index (χ1n) is 9.55. The molecule has 3 aliphatic rings. The van der Waals surface area contributed by atoms with E-state index in [4.69, 9.17) is 9.47 Å². The van der Waals surface area contributed by atoms with E-state index in [9.17, 15) is 40.3 Å². The predicted octanol–water partition coefficient (Wildman–Crippen LogP) is 5.42. The molecule has 2 spiro atoms. The van der Waals surface area contributed by atoms with Gasteiger partial charge in [0.05, 0.1) is 0 Å². The number of alkyl halides is 8. The molecule has 2 atom stereocenters. The zero-order chi connectivity index (χ0) is 22.6. The number of ether oxygens (including phenoxy) is 2. The molecule has 0 amide bonds. The lowest BCUT2D eigenvalue weighted by atomic mass is 9.82. The molecule has 0 aromatic rings. The van der Waals surface area contributed by atoms with E-state index >= 15 is 0 Å². The van der Waals surface area contributed by atoms with Gasteiger partial charge in [-0.15, -0.1) is 0 Å².